The summed E-state index contributed by atoms with van der Waals surface area (Å²) < 4.78 is 6.43. The van der Waals surface area contributed by atoms with Crippen LogP contribution in [-0.2, 0) is 5.41 Å². The first-order chi connectivity index (χ1) is 26.3. The largest absolute Gasteiger partial charge is 0.456 e. The van der Waals surface area contributed by atoms with Crippen LogP contribution in [0.15, 0.2) is 205 Å². The Morgan fingerprint density at radius 3 is 1.81 bits per heavy atom. The lowest BCUT2D eigenvalue weighted by Gasteiger charge is -2.30. The van der Waals surface area contributed by atoms with Crippen LogP contribution in [0.4, 0.5) is 17.1 Å². The average Bonchev–Trinajstić information content (AvgIpc) is 3.74. The molecule has 1 heterocycles. The van der Waals surface area contributed by atoms with Crippen LogP contribution in [0.25, 0.3) is 44.2 Å². The van der Waals surface area contributed by atoms with Crippen LogP contribution in [0.3, 0.4) is 0 Å². The van der Waals surface area contributed by atoms with Crippen LogP contribution < -0.4 is 4.90 Å². The summed E-state index contributed by atoms with van der Waals surface area (Å²) in [5.41, 5.74) is 13.4. The lowest BCUT2D eigenvalue weighted by atomic mass is 9.72. The third-order valence-electron chi connectivity index (χ3n) is 10.5. The Hall–Kier alpha value is -7.08. The van der Waals surface area contributed by atoms with Crippen LogP contribution in [0, 0.1) is 11.8 Å². The first kappa shape index (κ1) is 30.7. The van der Waals surface area contributed by atoms with Gasteiger partial charge in [-0.2, -0.15) is 0 Å². The van der Waals surface area contributed by atoms with Gasteiger partial charge in [-0.15, -0.1) is 0 Å². The van der Waals surface area contributed by atoms with E-state index < -0.39 is 5.41 Å². The van der Waals surface area contributed by atoms with Crippen molar-refractivity contribution < 1.29 is 4.42 Å². The molecule has 9 aromatic rings. The first-order valence-corrected chi connectivity index (χ1v) is 18.0. The minimum Gasteiger partial charge on any atom is -0.456 e. The number of furan rings is 1. The van der Waals surface area contributed by atoms with E-state index >= 15 is 0 Å². The molecule has 1 aromatic heterocycles. The predicted octanol–water partition coefficient (Wildman–Crippen LogP) is 13.1. The molecule has 0 spiro atoms. The van der Waals surface area contributed by atoms with Crippen LogP contribution in [0.5, 0.6) is 0 Å². The maximum atomic E-state index is 6.43. The van der Waals surface area contributed by atoms with E-state index in [-0.39, 0.29) is 0 Å². The van der Waals surface area contributed by atoms with Crippen LogP contribution in [-0.4, -0.2) is 0 Å². The van der Waals surface area contributed by atoms with E-state index in [9.17, 15) is 0 Å². The van der Waals surface area contributed by atoms with Crippen molar-refractivity contribution in [3.63, 3.8) is 0 Å². The fourth-order valence-corrected chi connectivity index (χ4v) is 8.03. The molecule has 0 aliphatic heterocycles. The summed E-state index contributed by atoms with van der Waals surface area (Å²) in [6.45, 7) is 0. The van der Waals surface area contributed by atoms with Crippen LogP contribution >= 0.6 is 0 Å². The molecule has 0 saturated carbocycles. The van der Waals surface area contributed by atoms with Gasteiger partial charge in [0, 0.05) is 39.5 Å². The fraction of sp³-hybridized carbons (Fsp3) is 0.0196. The molecular formula is C51H33NO. The van der Waals surface area contributed by atoms with E-state index in [4.69, 9.17) is 4.42 Å². The monoisotopic (exact) mass is 675 g/mol. The summed E-state index contributed by atoms with van der Waals surface area (Å²) in [6, 6.07) is 70.9. The van der Waals surface area contributed by atoms with E-state index in [0.29, 0.717) is 0 Å². The van der Waals surface area contributed by atoms with Gasteiger partial charge in [0.1, 0.15) is 16.6 Å². The quantitative estimate of drug-likeness (QED) is 0.169. The summed E-state index contributed by atoms with van der Waals surface area (Å²) in [5, 5.41) is 2.22. The highest BCUT2D eigenvalue weighted by Crippen LogP contribution is 2.54. The minimum absolute atomic E-state index is 0.690. The topological polar surface area (TPSA) is 16.4 Å². The van der Waals surface area contributed by atoms with Gasteiger partial charge >= 0.3 is 0 Å². The van der Waals surface area contributed by atoms with Crippen molar-refractivity contribution in [2.75, 3.05) is 4.90 Å². The fourth-order valence-electron chi connectivity index (χ4n) is 8.03. The van der Waals surface area contributed by atoms with Gasteiger partial charge in [0.05, 0.1) is 0 Å². The third-order valence-corrected chi connectivity index (χ3v) is 10.5. The number of rotatable bonds is 5. The van der Waals surface area contributed by atoms with Gasteiger partial charge in [-0.25, -0.2) is 0 Å². The molecule has 0 radical (unpaired) electrons. The Morgan fingerprint density at radius 2 is 1.00 bits per heavy atom. The zero-order valence-corrected chi connectivity index (χ0v) is 28.9. The molecule has 2 nitrogen and oxygen atoms in total. The van der Waals surface area contributed by atoms with Crippen molar-refractivity contribution in [2.45, 2.75) is 5.41 Å². The summed E-state index contributed by atoms with van der Waals surface area (Å²) in [6.07, 6.45) is 0. The Morgan fingerprint density at radius 1 is 0.415 bits per heavy atom. The van der Waals surface area contributed by atoms with Crippen molar-refractivity contribution in [3.8, 4) is 34.1 Å². The normalized spacial score (nSPS) is 14.3. The zero-order valence-electron chi connectivity index (χ0n) is 28.9. The molecule has 0 N–H and O–H groups in total. The van der Waals surface area contributed by atoms with Crippen LogP contribution in [0.2, 0.25) is 0 Å². The third kappa shape index (κ3) is 5.14. The van der Waals surface area contributed by atoms with Crippen molar-refractivity contribution in [3.05, 3.63) is 222 Å². The Bertz CT molecular complexity index is 2830. The first-order valence-electron chi connectivity index (χ1n) is 18.0. The SMILES string of the molecule is C(#CC1(c2ccccc2)c2ccccc2-c2ccc(N(c3ccc(-c4ccccc4)cc3)c3ccc4c(c3)oc3ccccc34)cc21)c1ccccc1. The molecule has 1 atom stereocenters. The minimum atomic E-state index is -0.690. The molecule has 1 aliphatic carbocycles. The summed E-state index contributed by atoms with van der Waals surface area (Å²) in [4.78, 5) is 2.34. The maximum absolute atomic E-state index is 6.43. The molecule has 8 aromatic carbocycles. The highest BCUT2D eigenvalue weighted by atomic mass is 16.3. The molecule has 10 rings (SSSR count). The van der Waals surface area contributed by atoms with Gasteiger partial charge in [0.25, 0.3) is 0 Å². The predicted molar refractivity (Wildman–Crippen MR) is 219 cm³/mol. The number of nitrogens with zero attached hydrogens (tertiary/aromatic N) is 1. The molecule has 2 heteroatoms. The Labute approximate surface area is 309 Å². The number of benzene rings is 8. The molecule has 1 unspecified atom stereocenters. The van der Waals surface area contributed by atoms with Gasteiger partial charge in [0.2, 0.25) is 0 Å². The second kappa shape index (κ2) is 12.6. The van der Waals surface area contributed by atoms with E-state index in [1.54, 1.807) is 0 Å². The summed E-state index contributed by atoms with van der Waals surface area (Å²) >= 11 is 0. The van der Waals surface area contributed by atoms with Gasteiger partial charge in [0.15, 0.2) is 0 Å². The molecule has 53 heavy (non-hydrogen) atoms. The van der Waals surface area contributed by atoms with Gasteiger partial charge < -0.3 is 9.32 Å². The van der Waals surface area contributed by atoms with Crippen molar-refractivity contribution >= 4 is 39.0 Å². The molecule has 0 fully saturated rings. The van der Waals surface area contributed by atoms with E-state index in [2.05, 4.69) is 187 Å². The van der Waals surface area contributed by atoms with Gasteiger partial charge in [-0.3, -0.25) is 0 Å². The molecule has 1 aliphatic rings. The van der Waals surface area contributed by atoms with Crippen molar-refractivity contribution in [1.82, 2.24) is 0 Å². The highest BCUT2D eigenvalue weighted by molar-refractivity contribution is 6.06. The number of hydrogen-bond acceptors (Lipinski definition) is 2. The van der Waals surface area contributed by atoms with E-state index in [1.165, 1.54) is 33.4 Å². The number of hydrogen-bond donors (Lipinski definition) is 0. The van der Waals surface area contributed by atoms with Crippen molar-refractivity contribution in [2.24, 2.45) is 0 Å². The molecular weight excluding hydrogens is 643 g/mol. The van der Waals surface area contributed by atoms with Crippen LogP contribution in [0.1, 0.15) is 22.3 Å². The second-order valence-electron chi connectivity index (χ2n) is 13.5. The Balaban J connectivity index is 1.20. The maximum Gasteiger partial charge on any atom is 0.137 e. The standard InChI is InChI=1S/C51H33NO/c1-4-14-36(15-5-1)32-33-51(39-18-8-3-9-19-39)47-22-12-10-20-43(47)44-30-28-41(34-48(44)51)52(40-26-24-38(25-27-40)37-16-6-2-7-17-37)42-29-31-46-45-21-11-13-23-49(45)53-50(46)35-42/h1-31,34-35H. The number of fused-ring (bicyclic) bond motifs is 6. The summed E-state index contributed by atoms with van der Waals surface area (Å²) in [7, 11) is 0. The second-order valence-corrected chi connectivity index (χ2v) is 13.5. The zero-order chi connectivity index (χ0) is 35.2. The van der Waals surface area contributed by atoms with Gasteiger partial charge in [-0.1, -0.05) is 151 Å². The van der Waals surface area contributed by atoms with E-state index in [1.807, 2.05) is 30.3 Å². The lowest BCUT2D eigenvalue weighted by Crippen LogP contribution is -2.25. The summed E-state index contributed by atoms with van der Waals surface area (Å²) in [5.74, 6) is 7.47. The molecule has 0 amide bonds. The number of para-hydroxylation sites is 1. The smallest absolute Gasteiger partial charge is 0.137 e. The average molecular weight is 676 g/mol. The van der Waals surface area contributed by atoms with Crippen molar-refractivity contribution in [1.29, 1.82) is 0 Å². The lowest BCUT2D eigenvalue weighted by molar-refractivity contribution is 0.669. The van der Waals surface area contributed by atoms with Gasteiger partial charge in [-0.05, 0) is 93.5 Å². The highest BCUT2D eigenvalue weighted by Gasteiger charge is 2.44. The number of anilines is 3. The van der Waals surface area contributed by atoms with E-state index in [0.717, 1.165) is 50.1 Å². The molecule has 248 valence electrons. The molecule has 0 saturated heterocycles. The molecule has 0 bridgehead atoms. The Kier molecular flexibility index (Phi) is 7.30.